The van der Waals surface area contributed by atoms with Crippen molar-refractivity contribution in [1.82, 2.24) is 10.6 Å². The highest BCUT2D eigenvalue weighted by Gasteiger charge is 2.22. The molecule has 3 N–H and O–H groups in total. The van der Waals surface area contributed by atoms with E-state index in [0.29, 0.717) is 18.3 Å². The molecule has 1 saturated heterocycles. The Hall–Kier alpha value is -1.10. The Morgan fingerprint density at radius 1 is 1.30 bits per heavy atom. The van der Waals surface area contributed by atoms with E-state index >= 15 is 0 Å². The van der Waals surface area contributed by atoms with Crippen LogP contribution in [0.5, 0.6) is 0 Å². The molecule has 1 aliphatic rings. The van der Waals surface area contributed by atoms with E-state index in [2.05, 4.69) is 17.6 Å². The topological polar surface area (TPSA) is 61.4 Å². The molecule has 2 atom stereocenters. The predicted octanol–water partition coefficient (Wildman–Crippen LogP) is 2.59. The number of aryl methyl sites for hydroxylation is 1. The number of hydrogen-bond acceptors (Lipinski definition) is 3. The van der Waals surface area contributed by atoms with Crippen molar-refractivity contribution in [3.8, 4) is 0 Å². The molecule has 0 spiro atoms. The molecule has 0 saturated carbocycles. The average molecular weight is 341 g/mol. The standard InChI is InChI=1S/C18H28N2O2.ClH/c1-13-3-5-16(6-4-13)17(21)12-20-18(22)11-14(2)15-7-9-19-10-8-15;/h3-6,14-15,17,19,21H,7-12H2,1-2H3,(H,20,22);1H. The lowest BCUT2D eigenvalue weighted by Crippen LogP contribution is -2.34. The van der Waals surface area contributed by atoms with Crippen molar-refractivity contribution in [2.24, 2.45) is 11.8 Å². The first-order chi connectivity index (χ1) is 10.6. The molecule has 0 radical (unpaired) electrons. The molecule has 0 aliphatic carbocycles. The van der Waals surface area contributed by atoms with Gasteiger partial charge in [0.25, 0.3) is 0 Å². The molecule has 1 aromatic rings. The molecule has 1 fully saturated rings. The lowest BCUT2D eigenvalue weighted by atomic mass is 9.84. The molecule has 130 valence electrons. The van der Waals surface area contributed by atoms with Crippen molar-refractivity contribution in [2.45, 2.75) is 39.2 Å². The maximum Gasteiger partial charge on any atom is 0.220 e. The zero-order valence-electron chi connectivity index (χ0n) is 14.0. The fourth-order valence-electron chi connectivity index (χ4n) is 3.06. The maximum absolute atomic E-state index is 12.0. The van der Waals surface area contributed by atoms with Crippen LogP contribution in [0.15, 0.2) is 24.3 Å². The van der Waals surface area contributed by atoms with Crippen LogP contribution in [0.3, 0.4) is 0 Å². The molecule has 1 aromatic carbocycles. The number of rotatable bonds is 6. The molecule has 0 aromatic heterocycles. The molecule has 4 nitrogen and oxygen atoms in total. The van der Waals surface area contributed by atoms with Gasteiger partial charge < -0.3 is 15.7 Å². The van der Waals surface area contributed by atoms with Gasteiger partial charge in [-0.3, -0.25) is 4.79 Å². The van der Waals surface area contributed by atoms with E-state index in [0.717, 1.165) is 37.1 Å². The summed E-state index contributed by atoms with van der Waals surface area (Å²) >= 11 is 0. The number of carbonyl (C=O) groups excluding carboxylic acids is 1. The van der Waals surface area contributed by atoms with Gasteiger partial charge in [-0.15, -0.1) is 12.4 Å². The molecule has 23 heavy (non-hydrogen) atoms. The summed E-state index contributed by atoms with van der Waals surface area (Å²) in [6.07, 6.45) is 2.21. The Balaban J connectivity index is 0.00000264. The highest BCUT2D eigenvalue weighted by atomic mass is 35.5. The molecule has 1 heterocycles. The van der Waals surface area contributed by atoms with Crippen LogP contribution in [0.2, 0.25) is 0 Å². The fourth-order valence-corrected chi connectivity index (χ4v) is 3.06. The second-order valence-corrected chi connectivity index (χ2v) is 6.50. The number of aliphatic hydroxyl groups is 1. The van der Waals surface area contributed by atoms with Crippen LogP contribution in [-0.2, 0) is 4.79 Å². The van der Waals surface area contributed by atoms with Crippen molar-refractivity contribution in [2.75, 3.05) is 19.6 Å². The van der Waals surface area contributed by atoms with E-state index < -0.39 is 6.10 Å². The van der Waals surface area contributed by atoms with Crippen LogP contribution in [0, 0.1) is 18.8 Å². The quantitative estimate of drug-likeness (QED) is 0.746. The molecule has 1 aliphatic heterocycles. The first-order valence-electron chi connectivity index (χ1n) is 8.28. The molecule has 2 rings (SSSR count). The molecular weight excluding hydrogens is 312 g/mol. The first-order valence-corrected chi connectivity index (χ1v) is 8.28. The summed E-state index contributed by atoms with van der Waals surface area (Å²) < 4.78 is 0. The number of carbonyl (C=O) groups is 1. The number of halogens is 1. The number of benzene rings is 1. The number of hydrogen-bond donors (Lipinski definition) is 3. The zero-order valence-corrected chi connectivity index (χ0v) is 14.9. The zero-order chi connectivity index (χ0) is 15.9. The fraction of sp³-hybridized carbons (Fsp3) is 0.611. The summed E-state index contributed by atoms with van der Waals surface area (Å²) in [5.41, 5.74) is 2.01. The van der Waals surface area contributed by atoms with Gasteiger partial charge in [0.2, 0.25) is 5.91 Å². The normalized spacial score (nSPS) is 17.9. The third-order valence-corrected chi connectivity index (χ3v) is 4.65. The van der Waals surface area contributed by atoms with Crippen LogP contribution in [0.4, 0.5) is 0 Å². The van der Waals surface area contributed by atoms with Gasteiger partial charge in [0.05, 0.1) is 6.10 Å². The SMILES string of the molecule is Cc1ccc(C(O)CNC(=O)CC(C)C2CCNCC2)cc1.Cl. The van der Waals surface area contributed by atoms with E-state index in [4.69, 9.17) is 0 Å². The second-order valence-electron chi connectivity index (χ2n) is 6.50. The minimum absolute atomic E-state index is 0. The Kier molecular flexibility index (Phi) is 8.59. The van der Waals surface area contributed by atoms with Gasteiger partial charge in [0.15, 0.2) is 0 Å². The van der Waals surface area contributed by atoms with Crippen molar-refractivity contribution < 1.29 is 9.90 Å². The summed E-state index contributed by atoms with van der Waals surface area (Å²) in [5.74, 6) is 1.07. The van der Waals surface area contributed by atoms with Crippen LogP contribution >= 0.6 is 12.4 Å². The third kappa shape index (κ3) is 6.50. The third-order valence-electron chi connectivity index (χ3n) is 4.65. The number of nitrogens with one attached hydrogen (secondary N) is 2. The van der Waals surface area contributed by atoms with Crippen molar-refractivity contribution in [3.63, 3.8) is 0 Å². The van der Waals surface area contributed by atoms with Gasteiger partial charge in [-0.2, -0.15) is 0 Å². The van der Waals surface area contributed by atoms with Gasteiger partial charge in [-0.1, -0.05) is 36.8 Å². The summed E-state index contributed by atoms with van der Waals surface area (Å²) in [6, 6.07) is 7.76. The van der Waals surface area contributed by atoms with Crippen molar-refractivity contribution in [1.29, 1.82) is 0 Å². The van der Waals surface area contributed by atoms with E-state index in [9.17, 15) is 9.90 Å². The monoisotopic (exact) mass is 340 g/mol. The van der Waals surface area contributed by atoms with Gasteiger partial charge in [0, 0.05) is 13.0 Å². The highest BCUT2D eigenvalue weighted by Crippen LogP contribution is 2.24. The second kappa shape index (κ2) is 9.91. The van der Waals surface area contributed by atoms with Crippen LogP contribution in [0.25, 0.3) is 0 Å². The summed E-state index contributed by atoms with van der Waals surface area (Å²) in [5, 5.41) is 16.3. The van der Waals surface area contributed by atoms with Gasteiger partial charge in [-0.05, 0) is 50.3 Å². The van der Waals surface area contributed by atoms with Crippen molar-refractivity contribution in [3.05, 3.63) is 35.4 Å². The van der Waals surface area contributed by atoms with E-state index in [1.165, 1.54) is 0 Å². The highest BCUT2D eigenvalue weighted by molar-refractivity contribution is 5.85. The maximum atomic E-state index is 12.0. The Morgan fingerprint density at radius 2 is 1.91 bits per heavy atom. The first kappa shape index (κ1) is 19.9. The van der Waals surface area contributed by atoms with Gasteiger partial charge in [0.1, 0.15) is 0 Å². The molecule has 0 bridgehead atoms. The Morgan fingerprint density at radius 3 is 2.52 bits per heavy atom. The summed E-state index contributed by atoms with van der Waals surface area (Å²) in [6.45, 7) is 6.57. The lowest BCUT2D eigenvalue weighted by Gasteiger charge is -2.28. The van der Waals surface area contributed by atoms with E-state index in [-0.39, 0.29) is 24.9 Å². The lowest BCUT2D eigenvalue weighted by molar-refractivity contribution is -0.122. The van der Waals surface area contributed by atoms with Gasteiger partial charge >= 0.3 is 0 Å². The van der Waals surface area contributed by atoms with Gasteiger partial charge in [-0.25, -0.2) is 0 Å². The summed E-state index contributed by atoms with van der Waals surface area (Å²) in [4.78, 5) is 12.0. The summed E-state index contributed by atoms with van der Waals surface area (Å²) in [7, 11) is 0. The van der Waals surface area contributed by atoms with Crippen LogP contribution < -0.4 is 10.6 Å². The number of aliphatic hydroxyl groups excluding tert-OH is 1. The predicted molar refractivity (Wildman–Crippen MR) is 95.8 cm³/mol. The minimum atomic E-state index is -0.640. The number of amides is 1. The molecule has 2 unspecified atom stereocenters. The Bertz CT molecular complexity index is 472. The van der Waals surface area contributed by atoms with E-state index in [1.54, 1.807) is 0 Å². The van der Waals surface area contributed by atoms with Crippen molar-refractivity contribution >= 4 is 18.3 Å². The smallest absolute Gasteiger partial charge is 0.220 e. The average Bonchev–Trinajstić information content (AvgIpc) is 2.54. The number of piperidine rings is 1. The molecule has 1 amide bonds. The van der Waals surface area contributed by atoms with Crippen LogP contribution in [0.1, 0.15) is 43.4 Å². The van der Waals surface area contributed by atoms with E-state index in [1.807, 2.05) is 31.2 Å². The Labute approximate surface area is 145 Å². The molecular formula is C18H29ClN2O2. The van der Waals surface area contributed by atoms with Crippen LogP contribution in [-0.4, -0.2) is 30.6 Å². The molecule has 5 heteroatoms. The minimum Gasteiger partial charge on any atom is -0.387 e. The largest absolute Gasteiger partial charge is 0.387 e.